The molecule has 24 heavy (non-hydrogen) atoms. The second-order valence-corrected chi connectivity index (χ2v) is 7.69. The zero-order valence-corrected chi connectivity index (χ0v) is 15.8. The maximum atomic E-state index is 12.2. The van der Waals surface area contributed by atoms with Crippen LogP contribution in [-0.2, 0) is 11.2 Å². The average Bonchev–Trinajstić information content (AvgIpc) is 3.11. The van der Waals surface area contributed by atoms with Gasteiger partial charge in [-0.2, -0.15) is 0 Å². The molecule has 2 atom stereocenters. The first-order chi connectivity index (χ1) is 11.0. The fourth-order valence-electron chi connectivity index (χ4n) is 2.95. The van der Waals surface area contributed by atoms with E-state index in [1.807, 2.05) is 31.3 Å². The van der Waals surface area contributed by atoms with Gasteiger partial charge in [-0.25, -0.2) is 4.98 Å². The van der Waals surface area contributed by atoms with Crippen LogP contribution in [0.5, 0.6) is 0 Å². The van der Waals surface area contributed by atoms with Crippen LogP contribution in [0.1, 0.15) is 35.3 Å². The Kier molecular flexibility index (Phi) is 6.63. The van der Waals surface area contributed by atoms with E-state index in [2.05, 4.69) is 10.3 Å². The fourth-order valence-corrected chi connectivity index (χ4v) is 4.02. The Morgan fingerprint density at radius 1 is 1.46 bits per heavy atom. The van der Waals surface area contributed by atoms with E-state index in [9.17, 15) is 4.79 Å². The molecule has 1 saturated carbocycles. The molecule has 1 aromatic heterocycles. The van der Waals surface area contributed by atoms with Gasteiger partial charge in [0.15, 0.2) is 5.13 Å². The van der Waals surface area contributed by atoms with E-state index in [0.717, 1.165) is 41.1 Å². The molecule has 4 nitrogen and oxygen atoms in total. The summed E-state index contributed by atoms with van der Waals surface area (Å²) >= 11 is 7.51. The second kappa shape index (κ2) is 8.30. The third kappa shape index (κ3) is 4.70. The van der Waals surface area contributed by atoms with E-state index in [1.54, 1.807) is 0 Å². The van der Waals surface area contributed by atoms with Gasteiger partial charge in [-0.15, -0.1) is 23.7 Å². The number of carbonyl (C=O) groups is 1. The van der Waals surface area contributed by atoms with Crippen LogP contribution in [0.3, 0.4) is 0 Å². The van der Waals surface area contributed by atoms with Gasteiger partial charge in [-0.05, 0) is 49.4 Å². The number of benzene rings is 1. The fraction of sp³-hybridized carbons (Fsp3) is 0.412. The van der Waals surface area contributed by atoms with Crippen molar-refractivity contribution < 1.29 is 4.79 Å². The molecule has 0 saturated heterocycles. The highest BCUT2D eigenvalue weighted by molar-refractivity contribution is 7.15. The van der Waals surface area contributed by atoms with E-state index < -0.39 is 0 Å². The molecule has 130 valence electrons. The number of amides is 1. The molecule has 2 aromatic rings. The number of rotatable bonds is 4. The minimum Gasteiger partial charge on any atom is -0.328 e. The first-order valence-electron chi connectivity index (χ1n) is 7.77. The van der Waals surface area contributed by atoms with Crippen molar-refractivity contribution in [2.24, 2.45) is 11.7 Å². The Morgan fingerprint density at radius 2 is 2.25 bits per heavy atom. The molecule has 1 heterocycles. The van der Waals surface area contributed by atoms with Crippen molar-refractivity contribution in [3.63, 3.8) is 0 Å². The van der Waals surface area contributed by atoms with Gasteiger partial charge in [0.1, 0.15) is 0 Å². The summed E-state index contributed by atoms with van der Waals surface area (Å²) in [6.45, 7) is 2.05. The number of carbonyl (C=O) groups excluding carboxylic acids is 1. The number of anilines is 1. The average molecular weight is 386 g/mol. The molecule has 0 spiro atoms. The molecule has 3 rings (SSSR count). The standard InChI is InChI=1S/C17H20ClN3OS.ClH/c1-10-6-13(18)4-2-11(10)8-15-9-20-17(23-15)21-16(22)12-3-5-14(19)7-12;/h2,4,6,9,12,14H,3,5,7-8,19H2,1H3,(H,20,21,22);1H. The van der Waals surface area contributed by atoms with Crippen LogP contribution in [-0.4, -0.2) is 16.9 Å². The number of aromatic nitrogens is 1. The highest BCUT2D eigenvalue weighted by Gasteiger charge is 2.28. The lowest BCUT2D eigenvalue weighted by atomic mass is 10.1. The van der Waals surface area contributed by atoms with Gasteiger partial charge in [-0.3, -0.25) is 4.79 Å². The van der Waals surface area contributed by atoms with Crippen molar-refractivity contribution in [1.82, 2.24) is 4.98 Å². The largest absolute Gasteiger partial charge is 0.328 e. The lowest BCUT2D eigenvalue weighted by Crippen LogP contribution is -2.23. The molecule has 2 unspecified atom stereocenters. The molecule has 1 fully saturated rings. The summed E-state index contributed by atoms with van der Waals surface area (Å²) in [7, 11) is 0. The maximum absolute atomic E-state index is 12.2. The Morgan fingerprint density at radius 3 is 2.92 bits per heavy atom. The third-order valence-corrected chi connectivity index (χ3v) is 5.44. The Hall–Kier alpha value is -1.14. The maximum Gasteiger partial charge on any atom is 0.229 e. The lowest BCUT2D eigenvalue weighted by molar-refractivity contribution is -0.119. The van der Waals surface area contributed by atoms with Gasteiger partial charge >= 0.3 is 0 Å². The topological polar surface area (TPSA) is 68.0 Å². The minimum absolute atomic E-state index is 0. The van der Waals surface area contributed by atoms with Gasteiger partial charge in [0.25, 0.3) is 0 Å². The number of nitrogens with zero attached hydrogens (tertiary/aromatic N) is 1. The molecular formula is C17H21Cl2N3OS. The SMILES string of the molecule is Cc1cc(Cl)ccc1Cc1cnc(NC(=O)C2CCC(N)C2)s1.Cl. The molecule has 1 aromatic carbocycles. The Bertz CT molecular complexity index is 720. The normalized spacial score (nSPS) is 19.8. The summed E-state index contributed by atoms with van der Waals surface area (Å²) in [6, 6.07) is 6.06. The van der Waals surface area contributed by atoms with E-state index in [-0.39, 0.29) is 30.3 Å². The van der Waals surface area contributed by atoms with Gasteiger partial charge in [0.2, 0.25) is 5.91 Å². The second-order valence-electron chi connectivity index (χ2n) is 6.14. The van der Waals surface area contributed by atoms with E-state index in [0.29, 0.717) is 5.13 Å². The summed E-state index contributed by atoms with van der Waals surface area (Å²) in [4.78, 5) is 17.6. The molecule has 1 amide bonds. The molecule has 0 bridgehead atoms. The number of nitrogens with one attached hydrogen (secondary N) is 1. The zero-order chi connectivity index (χ0) is 16.4. The number of aryl methyl sites for hydroxylation is 1. The smallest absolute Gasteiger partial charge is 0.229 e. The third-order valence-electron chi connectivity index (χ3n) is 4.30. The Balaban J connectivity index is 0.00000208. The Labute approximate surface area is 157 Å². The predicted octanol–water partition coefficient (Wildman–Crippen LogP) is 4.18. The molecule has 0 aliphatic heterocycles. The minimum atomic E-state index is 0. The summed E-state index contributed by atoms with van der Waals surface area (Å²) in [5.74, 6) is 0.0670. The number of halogens is 2. The summed E-state index contributed by atoms with van der Waals surface area (Å²) in [6.07, 6.45) is 5.19. The summed E-state index contributed by atoms with van der Waals surface area (Å²) < 4.78 is 0. The first-order valence-corrected chi connectivity index (χ1v) is 8.97. The van der Waals surface area contributed by atoms with Crippen molar-refractivity contribution in [2.75, 3.05) is 5.32 Å². The number of hydrogen-bond acceptors (Lipinski definition) is 4. The van der Waals surface area contributed by atoms with Crippen LogP contribution in [0, 0.1) is 12.8 Å². The van der Waals surface area contributed by atoms with Crippen LogP contribution in [0.15, 0.2) is 24.4 Å². The van der Waals surface area contributed by atoms with Gasteiger partial charge in [0.05, 0.1) is 0 Å². The molecule has 0 radical (unpaired) electrons. The molecule has 1 aliphatic carbocycles. The molecular weight excluding hydrogens is 365 g/mol. The van der Waals surface area contributed by atoms with E-state index in [1.165, 1.54) is 16.9 Å². The highest BCUT2D eigenvalue weighted by Crippen LogP contribution is 2.28. The molecule has 3 N–H and O–H groups in total. The van der Waals surface area contributed by atoms with Gasteiger partial charge in [0, 0.05) is 34.5 Å². The monoisotopic (exact) mass is 385 g/mol. The van der Waals surface area contributed by atoms with Gasteiger partial charge < -0.3 is 11.1 Å². The summed E-state index contributed by atoms with van der Waals surface area (Å²) in [5.41, 5.74) is 8.25. The van der Waals surface area contributed by atoms with Gasteiger partial charge in [-0.1, -0.05) is 17.7 Å². The van der Waals surface area contributed by atoms with Crippen molar-refractivity contribution in [3.05, 3.63) is 45.4 Å². The lowest BCUT2D eigenvalue weighted by Gasteiger charge is -2.08. The van der Waals surface area contributed by atoms with E-state index in [4.69, 9.17) is 17.3 Å². The van der Waals surface area contributed by atoms with Crippen molar-refractivity contribution >= 4 is 46.4 Å². The number of nitrogens with two attached hydrogens (primary N) is 1. The molecule has 7 heteroatoms. The number of hydrogen-bond donors (Lipinski definition) is 2. The van der Waals surface area contributed by atoms with Crippen LogP contribution >= 0.6 is 35.3 Å². The number of thiazole rings is 1. The van der Waals surface area contributed by atoms with Crippen molar-refractivity contribution in [3.8, 4) is 0 Å². The van der Waals surface area contributed by atoms with Crippen LogP contribution in [0.4, 0.5) is 5.13 Å². The first kappa shape index (κ1) is 19.2. The quantitative estimate of drug-likeness (QED) is 0.828. The predicted molar refractivity (Wildman–Crippen MR) is 102 cm³/mol. The van der Waals surface area contributed by atoms with Crippen LogP contribution < -0.4 is 11.1 Å². The highest BCUT2D eigenvalue weighted by atomic mass is 35.5. The summed E-state index contributed by atoms with van der Waals surface area (Å²) in [5, 5.41) is 4.34. The van der Waals surface area contributed by atoms with Crippen molar-refractivity contribution in [1.29, 1.82) is 0 Å². The van der Waals surface area contributed by atoms with Crippen LogP contribution in [0.25, 0.3) is 0 Å². The van der Waals surface area contributed by atoms with Crippen molar-refractivity contribution in [2.45, 2.75) is 38.6 Å². The molecule has 1 aliphatic rings. The zero-order valence-electron chi connectivity index (χ0n) is 13.4. The van der Waals surface area contributed by atoms with Crippen LogP contribution in [0.2, 0.25) is 5.02 Å². The van der Waals surface area contributed by atoms with E-state index >= 15 is 0 Å².